The normalized spacial score (nSPS) is 11.1. The Bertz CT molecular complexity index is 592. The van der Waals surface area contributed by atoms with Crippen LogP contribution in [0.5, 0.6) is 0 Å². The Labute approximate surface area is 100 Å². The number of anilines is 1. The van der Waals surface area contributed by atoms with Crippen LogP contribution in [0.15, 0.2) is 59.5 Å². The molecule has 0 saturated heterocycles. The molecule has 0 aliphatic heterocycles. The summed E-state index contributed by atoms with van der Waals surface area (Å²) in [4.78, 5) is 0.150. The van der Waals surface area contributed by atoms with Gasteiger partial charge in [0.1, 0.15) is 0 Å². The van der Waals surface area contributed by atoms with E-state index < -0.39 is 10.0 Å². The van der Waals surface area contributed by atoms with Crippen LogP contribution in [0.25, 0.3) is 0 Å². The molecule has 0 aliphatic rings. The van der Waals surface area contributed by atoms with Gasteiger partial charge in [-0.25, -0.2) is 8.42 Å². The first-order valence-electron chi connectivity index (χ1n) is 4.97. The van der Waals surface area contributed by atoms with Gasteiger partial charge in [0.2, 0.25) is 0 Å². The van der Waals surface area contributed by atoms with Crippen molar-refractivity contribution >= 4 is 21.4 Å². The molecule has 4 nitrogen and oxygen atoms in total. The summed E-state index contributed by atoms with van der Waals surface area (Å²) in [5.41, 5.74) is 8.10. The fourth-order valence-electron chi connectivity index (χ4n) is 1.35. The predicted molar refractivity (Wildman–Crippen MR) is 66.4 cm³/mol. The number of rotatable bonds is 3. The molecule has 2 N–H and O–H groups in total. The Hall–Kier alpha value is -2.01. The number of hydrogen-bond acceptors (Lipinski definition) is 2. The maximum Gasteiger partial charge on any atom is 0.261 e. The minimum Gasteiger partial charge on any atom is -0.301 e. The number of sulfonamides is 1. The lowest BCUT2D eigenvalue weighted by molar-refractivity contribution is 0.601. The molecule has 17 heavy (non-hydrogen) atoms. The molecule has 0 aliphatic carbocycles. The molecule has 0 fully saturated rings. The van der Waals surface area contributed by atoms with Crippen LogP contribution in [0.1, 0.15) is 0 Å². The summed E-state index contributed by atoms with van der Waals surface area (Å²) in [5.74, 6) is 0. The molecule has 87 valence electrons. The lowest BCUT2D eigenvalue weighted by Gasteiger charge is -2.07. The van der Waals surface area contributed by atoms with Crippen molar-refractivity contribution in [3.63, 3.8) is 0 Å². The summed E-state index contributed by atoms with van der Waals surface area (Å²) in [6.45, 7) is 0. The topological polar surface area (TPSA) is 70.0 Å². The summed E-state index contributed by atoms with van der Waals surface area (Å²) in [6, 6.07) is 14.4. The third kappa shape index (κ3) is 2.76. The van der Waals surface area contributed by atoms with Crippen molar-refractivity contribution in [1.82, 2.24) is 5.73 Å². The Kier molecular flexibility index (Phi) is 3.01. The van der Waals surface area contributed by atoms with Gasteiger partial charge >= 0.3 is 0 Å². The van der Waals surface area contributed by atoms with E-state index in [4.69, 9.17) is 5.73 Å². The van der Waals surface area contributed by atoms with Crippen LogP contribution >= 0.6 is 0 Å². The van der Waals surface area contributed by atoms with E-state index in [0.29, 0.717) is 5.69 Å². The minimum absolute atomic E-state index is 0.150. The Morgan fingerprint density at radius 3 is 2.06 bits per heavy atom. The molecule has 0 bridgehead atoms. The zero-order valence-electron chi connectivity index (χ0n) is 8.92. The molecule has 0 heterocycles. The van der Waals surface area contributed by atoms with Gasteiger partial charge < -0.3 is 5.73 Å². The van der Waals surface area contributed by atoms with Crippen molar-refractivity contribution in [2.75, 3.05) is 4.72 Å². The molecular weight excluding hydrogens is 236 g/mol. The molecule has 2 rings (SSSR count). The monoisotopic (exact) mass is 247 g/mol. The van der Waals surface area contributed by atoms with E-state index >= 15 is 0 Å². The maximum absolute atomic E-state index is 11.9. The smallest absolute Gasteiger partial charge is 0.261 e. The molecule has 2 aromatic carbocycles. The fraction of sp³-hybridized carbons (Fsp3) is 0. The number of nitrogens with one attached hydrogen (secondary N) is 2. The first-order valence-corrected chi connectivity index (χ1v) is 6.46. The maximum atomic E-state index is 11.9. The van der Waals surface area contributed by atoms with E-state index in [2.05, 4.69) is 4.72 Å². The third-order valence-electron chi connectivity index (χ3n) is 2.19. The average molecular weight is 247 g/mol. The van der Waals surface area contributed by atoms with Crippen LogP contribution in [-0.2, 0) is 10.0 Å². The van der Waals surface area contributed by atoms with E-state index in [9.17, 15) is 8.42 Å². The van der Waals surface area contributed by atoms with Gasteiger partial charge in [-0.05, 0) is 36.4 Å². The lowest BCUT2D eigenvalue weighted by atomic mass is 10.3. The van der Waals surface area contributed by atoms with Crippen molar-refractivity contribution in [3.8, 4) is 0 Å². The van der Waals surface area contributed by atoms with Gasteiger partial charge in [0, 0.05) is 5.69 Å². The second-order valence-electron chi connectivity index (χ2n) is 3.50. The van der Waals surface area contributed by atoms with E-state index in [0.717, 1.165) is 0 Å². The third-order valence-corrected chi connectivity index (χ3v) is 3.59. The summed E-state index contributed by atoms with van der Waals surface area (Å²) < 4.78 is 26.3. The molecule has 0 unspecified atom stereocenters. The van der Waals surface area contributed by atoms with Gasteiger partial charge in [0.25, 0.3) is 10.0 Å². The van der Waals surface area contributed by atoms with Crippen LogP contribution in [0, 0.1) is 0 Å². The van der Waals surface area contributed by atoms with Crippen molar-refractivity contribution in [3.05, 3.63) is 54.6 Å². The second-order valence-corrected chi connectivity index (χ2v) is 5.18. The largest absolute Gasteiger partial charge is 0.301 e. The summed E-state index contributed by atoms with van der Waals surface area (Å²) >= 11 is 0. The van der Waals surface area contributed by atoms with Crippen LogP contribution in [0.2, 0.25) is 0 Å². The predicted octanol–water partition coefficient (Wildman–Crippen LogP) is 2.40. The highest BCUT2D eigenvalue weighted by Gasteiger charge is 2.13. The molecule has 0 amide bonds. The van der Waals surface area contributed by atoms with E-state index in [-0.39, 0.29) is 10.6 Å². The zero-order valence-corrected chi connectivity index (χ0v) is 9.74. The molecule has 0 atom stereocenters. The molecule has 0 aromatic heterocycles. The molecule has 1 radical (unpaired) electrons. The lowest BCUT2D eigenvalue weighted by Crippen LogP contribution is -2.12. The Balaban J connectivity index is 2.29. The molecule has 5 heteroatoms. The summed E-state index contributed by atoms with van der Waals surface area (Å²) in [7, 11) is -3.56. The Morgan fingerprint density at radius 2 is 1.47 bits per heavy atom. The van der Waals surface area contributed by atoms with Crippen LogP contribution < -0.4 is 10.5 Å². The minimum atomic E-state index is -3.56. The van der Waals surface area contributed by atoms with Crippen molar-refractivity contribution in [2.24, 2.45) is 0 Å². The Morgan fingerprint density at radius 1 is 0.882 bits per heavy atom. The summed E-state index contributed by atoms with van der Waals surface area (Å²) in [5, 5.41) is 0. The molecular formula is C12H11N2O2S. The first kappa shape index (κ1) is 11.5. The molecule has 0 spiro atoms. The average Bonchev–Trinajstić information content (AvgIpc) is 2.30. The van der Waals surface area contributed by atoms with Gasteiger partial charge in [-0.15, -0.1) is 0 Å². The van der Waals surface area contributed by atoms with Gasteiger partial charge in [-0.3, -0.25) is 4.72 Å². The van der Waals surface area contributed by atoms with Crippen molar-refractivity contribution < 1.29 is 8.42 Å². The van der Waals surface area contributed by atoms with E-state index in [1.54, 1.807) is 24.3 Å². The first-order chi connectivity index (χ1) is 8.08. The SMILES string of the molecule is [NH]c1ccc(S(=O)(=O)Nc2ccccc2)cc1. The molecule has 2 aromatic rings. The van der Waals surface area contributed by atoms with Crippen LogP contribution in [0.3, 0.4) is 0 Å². The number of benzene rings is 2. The fourth-order valence-corrected chi connectivity index (χ4v) is 2.41. The van der Waals surface area contributed by atoms with Crippen LogP contribution in [0.4, 0.5) is 11.4 Å². The van der Waals surface area contributed by atoms with Crippen molar-refractivity contribution in [2.45, 2.75) is 4.90 Å². The highest BCUT2D eigenvalue weighted by Crippen LogP contribution is 2.16. The van der Waals surface area contributed by atoms with Crippen molar-refractivity contribution in [1.29, 1.82) is 0 Å². The highest BCUT2D eigenvalue weighted by atomic mass is 32.2. The number of para-hydroxylation sites is 1. The van der Waals surface area contributed by atoms with E-state index in [1.807, 2.05) is 6.07 Å². The number of hydrogen-bond donors (Lipinski definition) is 1. The van der Waals surface area contributed by atoms with E-state index in [1.165, 1.54) is 24.3 Å². The van der Waals surface area contributed by atoms with Gasteiger partial charge in [0.15, 0.2) is 0 Å². The zero-order chi connectivity index (χ0) is 12.3. The van der Waals surface area contributed by atoms with Gasteiger partial charge in [-0.2, -0.15) is 0 Å². The van der Waals surface area contributed by atoms with Gasteiger partial charge in [0.05, 0.1) is 10.6 Å². The quantitative estimate of drug-likeness (QED) is 0.904. The second kappa shape index (κ2) is 4.47. The van der Waals surface area contributed by atoms with Gasteiger partial charge in [-0.1, -0.05) is 18.2 Å². The standard InChI is InChI=1S/C12H11N2O2S/c13-10-6-8-12(9-7-10)17(15,16)14-11-4-2-1-3-5-11/h1-9,13-14H. The summed E-state index contributed by atoms with van der Waals surface area (Å²) in [6.07, 6.45) is 0. The molecule has 0 saturated carbocycles. The highest BCUT2D eigenvalue weighted by molar-refractivity contribution is 7.92. The van der Waals surface area contributed by atoms with Crippen LogP contribution in [-0.4, -0.2) is 8.42 Å².